The first-order valence-electron chi connectivity index (χ1n) is 10.0. The van der Waals surface area contributed by atoms with Gasteiger partial charge in [0.05, 0.1) is 23.4 Å². The minimum Gasteiger partial charge on any atom is -0.465 e. The van der Waals surface area contributed by atoms with Crippen molar-refractivity contribution in [2.45, 2.75) is 75.2 Å². The Morgan fingerprint density at radius 2 is 1.80 bits per heavy atom. The molecule has 2 amide bonds. The van der Waals surface area contributed by atoms with Gasteiger partial charge in [-0.1, -0.05) is 11.6 Å². The van der Waals surface area contributed by atoms with E-state index in [1.165, 1.54) is 20.0 Å². The van der Waals surface area contributed by atoms with Crippen molar-refractivity contribution in [3.63, 3.8) is 0 Å². The summed E-state index contributed by atoms with van der Waals surface area (Å²) < 4.78 is 14.0. The standard InChI is InChI=1S/C20H28ClFN4O4/c1-18(2,30)14(22)11-24-16(27)12-10-23-15(21)9-13(12)25-19-3-6-20(7-4-19,8-5-19)26-17(28)29/h9-10,14,26,30H,3-8,11H2,1-2H3,(H,23,25)(H,24,27)(H,28,29)/t14-,19?,20?/m1/s1. The molecule has 3 fully saturated rings. The van der Waals surface area contributed by atoms with Crippen LogP contribution in [0.5, 0.6) is 0 Å². The molecule has 0 spiro atoms. The van der Waals surface area contributed by atoms with Gasteiger partial charge in [0.15, 0.2) is 0 Å². The number of fused-ring (bicyclic) bond motifs is 3. The molecule has 3 aliphatic rings. The first kappa shape index (κ1) is 22.6. The van der Waals surface area contributed by atoms with Gasteiger partial charge in [0.1, 0.15) is 11.3 Å². The number of pyridine rings is 1. The molecule has 0 saturated heterocycles. The number of amides is 2. The fourth-order valence-corrected chi connectivity index (χ4v) is 4.47. The highest BCUT2D eigenvalue weighted by atomic mass is 35.5. The number of carboxylic acid groups (broad SMARTS) is 1. The van der Waals surface area contributed by atoms with Gasteiger partial charge in [0, 0.05) is 17.3 Å². The molecule has 4 rings (SSSR count). The molecule has 1 atom stereocenters. The second-order valence-electron chi connectivity index (χ2n) is 9.00. The Balaban J connectivity index is 1.72. The van der Waals surface area contributed by atoms with E-state index >= 15 is 0 Å². The lowest BCUT2D eigenvalue weighted by Gasteiger charge is -2.53. The molecular weight excluding hydrogens is 415 g/mol. The van der Waals surface area contributed by atoms with E-state index in [4.69, 9.17) is 16.7 Å². The summed E-state index contributed by atoms with van der Waals surface area (Å²) in [6.07, 6.45) is 3.09. The van der Waals surface area contributed by atoms with Gasteiger partial charge >= 0.3 is 6.09 Å². The van der Waals surface area contributed by atoms with Gasteiger partial charge in [-0.05, 0) is 58.4 Å². The predicted molar refractivity (Wildman–Crippen MR) is 111 cm³/mol. The number of alkyl halides is 1. The van der Waals surface area contributed by atoms with Crippen LogP contribution in [0.2, 0.25) is 5.15 Å². The van der Waals surface area contributed by atoms with Crippen LogP contribution in [0.25, 0.3) is 0 Å². The zero-order valence-corrected chi connectivity index (χ0v) is 17.9. The first-order chi connectivity index (χ1) is 13.9. The summed E-state index contributed by atoms with van der Waals surface area (Å²) in [6, 6.07) is 1.57. The molecule has 0 aromatic carbocycles. The number of carbonyl (C=O) groups excluding carboxylic acids is 1. The van der Waals surface area contributed by atoms with Crippen LogP contribution in [0.3, 0.4) is 0 Å². The van der Waals surface area contributed by atoms with Gasteiger partial charge in [-0.15, -0.1) is 0 Å². The monoisotopic (exact) mass is 442 g/mol. The van der Waals surface area contributed by atoms with Crippen LogP contribution >= 0.6 is 11.6 Å². The predicted octanol–water partition coefficient (Wildman–Crippen LogP) is 3.10. The Bertz CT molecular complexity index is 805. The maximum absolute atomic E-state index is 14.0. The van der Waals surface area contributed by atoms with Crippen molar-refractivity contribution in [2.75, 3.05) is 11.9 Å². The summed E-state index contributed by atoms with van der Waals surface area (Å²) in [5.41, 5.74) is -1.46. The molecule has 3 aliphatic carbocycles. The van der Waals surface area contributed by atoms with Crippen LogP contribution in [0.15, 0.2) is 12.3 Å². The van der Waals surface area contributed by atoms with E-state index in [2.05, 4.69) is 20.9 Å². The molecule has 30 heavy (non-hydrogen) atoms. The van der Waals surface area contributed by atoms with Crippen molar-refractivity contribution in [1.29, 1.82) is 0 Å². The van der Waals surface area contributed by atoms with Crippen LogP contribution in [0, 0.1) is 0 Å². The molecule has 0 unspecified atom stereocenters. The van der Waals surface area contributed by atoms with E-state index < -0.39 is 23.8 Å². The van der Waals surface area contributed by atoms with Gasteiger partial charge in [-0.25, -0.2) is 14.2 Å². The number of aromatic nitrogens is 1. The molecule has 0 radical (unpaired) electrons. The Morgan fingerprint density at radius 3 is 2.33 bits per heavy atom. The number of nitrogens with one attached hydrogen (secondary N) is 3. The van der Waals surface area contributed by atoms with Crippen LogP contribution in [0.1, 0.15) is 62.7 Å². The lowest BCUT2D eigenvalue weighted by atomic mass is 9.61. The number of halogens is 2. The lowest BCUT2D eigenvalue weighted by Crippen LogP contribution is -2.60. The second kappa shape index (κ2) is 8.19. The van der Waals surface area contributed by atoms with Crippen molar-refractivity contribution in [3.05, 3.63) is 23.0 Å². The summed E-state index contributed by atoms with van der Waals surface area (Å²) >= 11 is 6.05. The molecule has 3 saturated carbocycles. The van der Waals surface area contributed by atoms with Crippen molar-refractivity contribution < 1.29 is 24.2 Å². The molecule has 1 heterocycles. The SMILES string of the molecule is CC(C)(O)[C@H](F)CNC(=O)c1cnc(Cl)cc1NC12CCC(NC(=O)O)(CC1)CC2. The van der Waals surface area contributed by atoms with Crippen molar-refractivity contribution >= 4 is 29.3 Å². The normalized spacial score (nSPS) is 26.7. The summed E-state index contributed by atoms with van der Waals surface area (Å²) in [4.78, 5) is 27.8. The fraction of sp³-hybridized carbons (Fsp3) is 0.650. The van der Waals surface area contributed by atoms with E-state index in [0.717, 1.165) is 19.3 Å². The molecule has 1 aromatic heterocycles. The largest absolute Gasteiger partial charge is 0.465 e. The van der Waals surface area contributed by atoms with E-state index in [1.54, 1.807) is 6.07 Å². The quantitative estimate of drug-likeness (QED) is 0.413. The number of hydrogen-bond donors (Lipinski definition) is 5. The molecule has 1 aromatic rings. The minimum atomic E-state index is -1.62. The van der Waals surface area contributed by atoms with E-state index in [-0.39, 0.29) is 28.3 Å². The molecule has 10 heteroatoms. The first-order valence-corrected chi connectivity index (χ1v) is 10.4. The van der Waals surface area contributed by atoms with Crippen LogP contribution in [0.4, 0.5) is 14.9 Å². The van der Waals surface area contributed by atoms with E-state index in [1.807, 2.05) is 0 Å². The maximum atomic E-state index is 14.0. The number of anilines is 1. The van der Waals surface area contributed by atoms with Crippen LogP contribution in [-0.4, -0.2) is 56.6 Å². The third kappa shape index (κ3) is 4.95. The van der Waals surface area contributed by atoms with Crippen molar-refractivity contribution in [2.24, 2.45) is 0 Å². The Hall–Kier alpha value is -2.13. The highest BCUT2D eigenvalue weighted by Gasteiger charge is 2.49. The molecule has 0 aliphatic heterocycles. The van der Waals surface area contributed by atoms with Gasteiger partial charge < -0.3 is 26.2 Å². The van der Waals surface area contributed by atoms with Gasteiger partial charge in [-0.2, -0.15) is 0 Å². The van der Waals surface area contributed by atoms with Crippen LogP contribution in [-0.2, 0) is 0 Å². The average Bonchev–Trinajstić information content (AvgIpc) is 2.66. The maximum Gasteiger partial charge on any atom is 0.405 e. The molecule has 8 nitrogen and oxygen atoms in total. The Kier molecular flexibility index (Phi) is 6.15. The highest BCUT2D eigenvalue weighted by molar-refractivity contribution is 6.29. The molecular formula is C20H28ClFN4O4. The number of rotatable bonds is 7. The third-order valence-corrected chi connectivity index (χ3v) is 6.55. The highest BCUT2D eigenvalue weighted by Crippen LogP contribution is 2.48. The summed E-state index contributed by atoms with van der Waals surface area (Å²) in [5.74, 6) is -0.515. The fourth-order valence-electron chi connectivity index (χ4n) is 4.31. The van der Waals surface area contributed by atoms with Crippen molar-refractivity contribution in [3.8, 4) is 0 Å². The molecule has 2 bridgehead atoms. The summed E-state index contributed by atoms with van der Waals surface area (Å²) in [5, 5.41) is 27.7. The Labute approximate surface area is 179 Å². The second-order valence-corrected chi connectivity index (χ2v) is 9.39. The van der Waals surface area contributed by atoms with Gasteiger partial charge in [0.25, 0.3) is 5.91 Å². The third-order valence-electron chi connectivity index (χ3n) is 6.34. The minimum absolute atomic E-state index is 0.221. The number of aliphatic hydroxyl groups is 1. The molecule has 5 N–H and O–H groups in total. The summed E-state index contributed by atoms with van der Waals surface area (Å²) in [6.45, 7) is 2.34. The number of carbonyl (C=O) groups is 2. The lowest BCUT2D eigenvalue weighted by molar-refractivity contribution is -0.00178. The smallest absolute Gasteiger partial charge is 0.405 e. The molecule has 166 valence electrons. The van der Waals surface area contributed by atoms with Crippen LogP contribution < -0.4 is 16.0 Å². The van der Waals surface area contributed by atoms with Crippen molar-refractivity contribution in [1.82, 2.24) is 15.6 Å². The van der Waals surface area contributed by atoms with Gasteiger partial charge in [-0.3, -0.25) is 4.79 Å². The number of hydrogen-bond acceptors (Lipinski definition) is 5. The number of nitrogens with zero attached hydrogens (tertiary/aromatic N) is 1. The zero-order valence-electron chi connectivity index (χ0n) is 17.1. The summed E-state index contributed by atoms with van der Waals surface area (Å²) in [7, 11) is 0. The van der Waals surface area contributed by atoms with E-state index in [9.17, 15) is 19.1 Å². The van der Waals surface area contributed by atoms with Gasteiger partial charge in [0.2, 0.25) is 0 Å². The Morgan fingerprint density at radius 1 is 1.23 bits per heavy atom. The topological polar surface area (TPSA) is 124 Å². The zero-order chi connectivity index (χ0) is 22.2. The van der Waals surface area contributed by atoms with E-state index in [0.29, 0.717) is 24.9 Å². The average molecular weight is 443 g/mol.